The summed E-state index contributed by atoms with van der Waals surface area (Å²) in [6.45, 7) is 7.93. The van der Waals surface area contributed by atoms with Gasteiger partial charge in [0.05, 0.1) is 13.2 Å². The van der Waals surface area contributed by atoms with Crippen molar-refractivity contribution in [3.63, 3.8) is 0 Å². The van der Waals surface area contributed by atoms with Gasteiger partial charge in [-0.05, 0) is 30.4 Å². The number of hydrogen-bond acceptors (Lipinski definition) is 4. The molecule has 2 saturated heterocycles. The highest BCUT2D eigenvalue weighted by Crippen LogP contribution is 2.26. The second kappa shape index (κ2) is 12.2. The van der Waals surface area contributed by atoms with E-state index >= 15 is 0 Å². The highest BCUT2D eigenvalue weighted by molar-refractivity contribution is 14.0. The number of halogens is 1. The molecule has 0 bridgehead atoms. The summed E-state index contributed by atoms with van der Waals surface area (Å²) >= 11 is 0. The summed E-state index contributed by atoms with van der Waals surface area (Å²) in [4.78, 5) is 9.61. The fraction of sp³-hybridized carbons (Fsp3) is 0.696. The molecule has 2 heterocycles. The van der Waals surface area contributed by atoms with Crippen molar-refractivity contribution >= 4 is 29.9 Å². The summed E-state index contributed by atoms with van der Waals surface area (Å²) in [7, 11) is 1.87. The molecule has 30 heavy (non-hydrogen) atoms. The summed E-state index contributed by atoms with van der Waals surface area (Å²) in [6, 6.07) is 10.2. The third kappa shape index (κ3) is 6.80. The number of benzene rings is 1. The number of rotatable bonds is 6. The molecule has 0 radical (unpaired) electrons. The summed E-state index contributed by atoms with van der Waals surface area (Å²) in [5.41, 5.74) is 2.68. The van der Waals surface area contributed by atoms with E-state index < -0.39 is 0 Å². The van der Waals surface area contributed by atoms with Crippen LogP contribution in [0.15, 0.2) is 29.3 Å². The average molecular weight is 527 g/mol. The summed E-state index contributed by atoms with van der Waals surface area (Å²) in [5.74, 6) is 0.918. The first-order valence-electron chi connectivity index (χ1n) is 11.4. The van der Waals surface area contributed by atoms with Crippen LogP contribution in [-0.4, -0.2) is 74.3 Å². The summed E-state index contributed by atoms with van der Waals surface area (Å²) < 4.78 is 5.45. The molecule has 0 amide bonds. The Hall–Kier alpha value is -0.900. The zero-order valence-electron chi connectivity index (χ0n) is 18.3. The van der Waals surface area contributed by atoms with Crippen LogP contribution in [0, 0.1) is 0 Å². The van der Waals surface area contributed by atoms with Crippen molar-refractivity contribution in [2.75, 3.05) is 46.4 Å². The largest absolute Gasteiger partial charge is 0.379 e. The Labute approximate surface area is 198 Å². The Kier molecular flexibility index (Phi) is 9.67. The van der Waals surface area contributed by atoms with Crippen molar-refractivity contribution < 1.29 is 4.74 Å². The molecule has 1 atom stereocenters. The smallest absolute Gasteiger partial charge is 0.191 e. The van der Waals surface area contributed by atoms with Crippen molar-refractivity contribution in [1.82, 2.24) is 20.4 Å². The van der Waals surface area contributed by atoms with Gasteiger partial charge in [-0.1, -0.05) is 37.1 Å². The third-order valence-corrected chi connectivity index (χ3v) is 6.59. The van der Waals surface area contributed by atoms with E-state index in [1.54, 1.807) is 0 Å². The number of ether oxygens (including phenoxy) is 1. The van der Waals surface area contributed by atoms with E-state index in [1.165, 1.54) is 49.8 Å². The van der Waals surface area contributed by atoms with E-state index in [0.29, 0.717) is 6.04 Å². The second-order valence-corrected chi connectivity index (χ2v) is 8.70. The normalized spacial score (nSPS) is 24.0. The maximum absolute atomic E-state index is 5.45. The average Bonchev–Trinajstić information content (AvgIpc) is 3.44. The number of nitrogens with zero attached hydrogens (tertiary/aromatic N) is 3. The van der Waals surface area contributed by atoms with Gasteiger partial charge in [-0.2, -0.15) is 0 Å². The van der Waals surface area contributed by atoms with Crippen molar-refractivity contribution in [3.05, 3.63) is 35.4 Å². The fourth-order valence-corrected chi connectivity index (χ4v) is 4.94. The maximum atomic E-state index is 5.45. The van der Waals surface area contributed by atoms with Crippen LogP contribution in [0.1, 0.15) is 43.2 Å². The van der Waals surface area contributed by atoms with Crippen LogP contribution in [0.2, 0.25) is 0 Å². The molecular weight excluding hydrogens is 489 g/mol. The lowest BCUT2D eigenvalue weighted by Gasteiger charge is -2.26. The highest BCUT2D eigenvalue weighted by atomic mass is 127. The molecule has 2 aliphatic heterocycles. The van der Waals surface area contributed by atoms with Crippen molar-refractivity contribution in [2.45, 2.75) is 57.3 Å². The minimum absolute atomic E-state index is 0. The van der Waals surface area contributed by atoms with Gasteiger partial charge in [0.25, 0.3) is 0 Å². The number of aliphatic imine (C=N–C) groups is 1. The minimum atomic E-state index is 0. The van der Waals surface area contributed by atoms with Crippen LogP contribution in [0.3, 0.4) is 0 Å². The fourth-order valence-electron chi connectivity index (χ4n) is 4.94. The van der Waals surface area contributed by atoms with Gasteiger partial charge in [-0.3, -0.25) is 14.8 Å². The van der Waals surface area contributed by atoms with E-state index in [4.69, 9.17) is 4.74 Å². The van der Waals surface area contributed by atoms with Crippen LogP contribution in [0.25, 0.3) is 0 Å². The predicted molar refractivity (Wildman–Crippen MR) is 134 cm³/mol. The van der Waals surface area contributed by atoms with E-state index in [2.05, 4.69) is 49.7 Å². The lowest BCUT2D eigenvalue weighted by molar-refractivity contribution is 0.0342. The Balaban J connectivity index is 0.00000256. The summed E-state index contributed by atoms with van der Waals surface area (Å²) in [6.07, 6.45) is 6.81. The number of nitrogens with one attached hydrogen (secondary N) is 2. The lowest BCUT2D eigenvalue weighted by atomic mass is 10.1. The topological polar surface area (TPSA) is 52.1 Å². The third-order valence-electron chi connectivity index (χ3n) is 6.59. The molecule has 1 aromatic carbocycles. The molecule has 0 aromatic heterocycles. The number of hydrogen-bond donors (Lipinski definition) is 2. The molecule has 1 aromatic rings. The lowest BCUT2D eigenvalue weighted by Crippen LogP contribution is -2.45. The van der Waals surface area contributed by atoms with Gasteiger partial charge in [-0.25, -0.2) is 0 Å². The Morgan fingerprint density at radius 1 is 1.10 bits per heavy atom. The molecule has 0 spiro atoms. The standard InChI is InChI=1S/C23H37N5O.HI/c1-24-23(26-21-9-10-28(18-21)22-7-2-3-8-22)25-16-19-5-4-6-20(15-19)17-27-11-13-29-14-12-27;/h4-6,15,21-22H,2-3,7-14,16-18H2,1H3,(H2,24,25,26);1H. The molecule has 4 rings (SSSR count). The molecule has 2 N–H and O–H groups in total. The number of likely N-dealkylation sites (tertiary alicyclic amines) is 1. The van der Waals surface area contributed by atoms with E-state index in [9.17, 15) is 0 Å². The molecule has 1 unspecified atom stereocenters. The molecule has 168 valence electrons. The number of morpholine rings is 1. The van der Waals surface area contributed by atoms with E-state index in [-0.39, 0.29) is 24.0 Å². The maximum Gasteiger partial charge on any atom is 0.191 e. The van der Waals surface area contributed by atoms with Gasteiger partial charge in [-0.15, -0.1) is 24.0 Å². The molecule has 7 heteroatoms. The molecule has 1 aliphatic carbocycles. The van der Waals surface area contributed by atoms with Crippen molar-refractivity contribution in [3.8, 4) is 0 Å². The first-order chi connectivity index (χ1) is 14.3. The first kappa shape index (κ1) is 23.8. The van der Waals surface area contributed by atoms with Gasteiger partial charge in [0.15, 0.2) is 5.96 Å². The quantitative estimate of drug-likeness (QED) is 0.339. The first-order valence-corrected chi connectivity index (χ1v) is 11.4. The zero-order chi connectivity index (χ0) is 19.9. The Bertz CT molecular complexity index is 673. The molecular formula is C23H38IN5O. The second-order valence-electron chi connectivity index (χ2n) is 8.70. The SMILES string of the molecule is CN=C(NCc1cccc(CN2CCOCC2)c1)NC1CCN(C2CCCC2)C1.I. The van der Waals surface area contributed by atoms with Gasteiger partial charge < -0.3 is 15.4 Å². The minimum Gasteiger partial charge on any atom is -0.379 e. The molecule has 3 aliphatic rings. The Morgan fingerprint density at radius 3 is 2.63 bits per heavy atom. The monoisotopic (exact) mass is 527 g/mol. The van der Waals surface area contributed by atoms with Gasteiger partial charge in [0.2, 0.25) is 0 Å². The highest BCUT2D eigenvalue weighted by Gasteiger charge is 2.30. The van der Waals surface area contributed by atoms with Gasteiger partial charge in [0.1, 0.15) is 0 Å². The van der Waals surface area contributed by atoms with Crippen LogP contribution in [0.5, 0.6) is 0 Å². The van der Waals surface area contributed by atoms with Gasteiger partial charge in [0, 0.05) is 58.4 Å². The van der Waals surface area contributed by atoms with Crippen LogP contribution >= 0.6 is 24.0 Å². The zero-order valence-corrected chi connectivity index (χ0v) is 20.6. The van der Waals surface area contributed by atoms with Crippen molar-refractivity contribution in [2.24, 2.45) is 4.99 Å². The van der Waals surface area contributed by atoms with Crippen LogP contribution < -0.4 is 10.6 Å². The molecule has 6 nitrogen and oxygen atoms in total. The van der Waals surface area contributed by atoms with E-state index in [1.807, 2.05) is 7.05 Å². The predicted octanol–water partition coefficient (Wildman–Crippen LogP) is 2.82. The van der Waals surface area contributed by atoms with Crippen LogP contribution in [0.4, 0.5) is 0 Å². The van der Waals surface area contributed by atoms with Gasteiger partial charge >= 0.3 is 0 Å². The van der Waals surface area contributed by atoms with Crippen LogP contribution in [-0.2, 0) is 17.8 Å². The molecule has 1 saturated carbocycles. The number of guanidine groups is 1. The molecule has 3 fully saturated rings. The van der Waals surface area contributed by atoms with E-state index in [0.717, 1.165) is 57.9 Å². The Morgan fingerprint density at radius 2 is 1.87 bits per heavy atom. The van der Waals surface area contributed by atoms with Crippen molar-refractivity contribution in [1.29, 1.82) is 0 Å². The summed E-state index contributed by atoms with van der Waals surface area (Å²) in [5, 5.41) is 7.16.